The number of hydrogen-bond donors (Lipinski definition) is 0. The minimum absolute atomic E-state index is 0.462. The molecule has 0 saturated heterocycles. The van der Waals surface area contributed by atoms with Crippen LogP contribution in [0.3, 0.4) is 0 Å². The molecule has 1 unspecified atom stereocenters. The molecule has 1 aromatic rings. The highest BCUT2D eigenvalue weighted by Gasteiger charge is 2.39. The summed E-state index contributed by atoms with van der Waals surface area (Å²) in [5, 5.41) is 0. The maximum atomic E-state index is 2.38. The van der Waals surface area contributed by atoms with Crippen LogP contribution in [0.4, 0.5) is 0 Å². The van der Waals surface area contributed by atoms with Gasteiger partial charge in [0.15, 0.2) is 0 Å². The van der Waals surface area contributed by atoms with Gasteiger partial charge in [-0.15, -0.1) is 0 Å². The second kappa shape index (κ2) is 4.61. The molecule has 0 heteroatoms. The number of rotatable bonds is 3. The molecular formula is C16H24. The van der Waals surface area contributed by atoms with Crippen molar-refractivity contribution in [3.8, 4) is 0 Å². The first-order chi connectivity index (χ1) is 7.78. The fourth-order valence-electron chi connectivity index (χ4n) is 3.85. The summed E-state index contributed by atoms with van der Waals surface area (Å²) in [5.41, 5.74) is 3.72. The average molecular weight is 216 g/mol. The summed E-state index contributed by atoms with van der Waals surface area (Å²) in [7, 11) is 0. The van der Waals surface area contributed by atoms with Crippen molar-refractivity contribution in [3.05, 3.63) is 35.4 Å². The number of aryl methyl sites for hydroxylation is 1. The van der Waals surface area contributed by atoms with Gasteiger partial charge in [-0.2, -0.15) is 0 Å². The molecule has 1 aromatic carbocycles. The summed E-state index contributed by atoms with van der Waals surface area (Å²) in [6.45, 7) is 7.10. The fraction of sp³-hybridized carbons (Fsp3) is 0.625. The van der Waals surface area contributed by atoms with Crippen LogP contribution in [0.25, 0.3) is 0 Å². The van der Waals surface area contributed by atoms with Crippen LogP contribution in [0.15, 0.2) is 24.3 Å². The zero-order chi connectivity index (χ0) is 11.6. The van der Waals surface area contributed by atoms with E-state index >= 15 is 0 Å². The van der Waals surface area contributed by atoms with Crippen LogP contribution in [0, 0.1) is 5.92 Å². The molecule has 16 heavy (non-hydrogen) atoms. The molecule has 0 N–H and O–H groups in total. The Balaban J connectivity index is 2.52. The lowest BCUT2D eigenvalue weighted by molar-refractivity contribution is 0.209. The number of benzene rings is 1. The summed E-state index contributed by atoms with van der Waals surface area (Å²) < 4.78 is 0. The molecule has 1 aliphatic carbocycles. The molecule has 0 radical (unpaired) electrons. The van der Waals surface area contributed by atoms with Gasteiger partial charge in [0.1, 0.15) is 0 Å². The van der Waals surface area contributed by atoms with Gasteiger partial charge in [-0.3, -0.25) is 0 Å². The Hall–Kier alpha value is -0.780. The lowest BCUT2D eigenvalue weighted by Gasteiger charge is -2.45. The maximum Gasteiger partial charge on any atom is -0.00213 e. The van der Waals surface area contributed by atoms with Gasteiger partial charge in [-0.25, -0.2) is 0 Å². The van der Waals surface area contributed by atoms with Crippen LogP contribution in [0.1, 0.15) is 57.6 Å². The van der Waals surface area contributed by atoms with E-state index in [1.165, 1.54) is 32.1 Å². The molecule has 0 amide bonds. The minimum Gasteiger partial charge on any atom is -0.0651 e. The van der Waals surface area contributed by atoms with E-state index in [4.69, 9.17) is 0 Å². The van der Waals surface area contributed by atoms with Crippen molar-refractivity contribution in [3.63, 3.8) is 0 Å². The van der Waals surface area contributed by atoms with E-state index in [2.05, 4.69) is 45.0 Å². The van der Waals surface area contributed by atoms with E-state index < -0.39 is 0 Å². The van der Waals surface area contributed by atoms with Gasteiger partial charge >= 0.3 is 0 Å². The maximum absolute atomic E-state index is 2.38. The molecule has 0 nitrogen and oxygen atoms in total. The van der Waals surface area contributed by atoms with Crippen LogP contribution < -0.4 is 0 Å². The highest BCUT2D eigenvalue weighted by Crippen LogP contribution is 2.47. The third-order valence-electron chi connectivity index (χ3n) is 4.85. The standard InChI is InChI=1S/C16H24/c1-4-14-12-11-13-9-7-8-10-15(13)16(14,5-2)6-3/h7-10,14H,4-6,11-12H2,1-3H3. The molecule has 88 valence electrons. The zero-order valence-electron chi connectivity index (χ0n) is 10.9. The Kier molecular flexibility index (Phi) is 3.37. The van der Waals surface area contributed by atoms with Crippen molar-refractivity contribution in [1.29, 1.82) is 0 Å². The van der Waals surface area contributed by atoms with Crippen molar-refractivity contribution in [2.45, 2.75) is 58.3 Å². The van der Waals surface area contributed by atoms with Crippen molar-refractivity contribution >= 4 is 0 Å². The van der Waals surface area contributed by atoms with Gasteiger partial charge in [0, 0.05) is 0 Å². The molecule has 1 atom stereocenters. The highest BCUT2D eigenvalue weighted by atomic mass is 14.4. The Labute approximate surface area is 100 Å². The molecule has 0 aliphatic heterocycles. The molecule has 0 aromatic heterocycles. The molecular weight excluding hydrogens is 192 g/mol. The van der Waals surface area contributed by atoms with Crippen molar-refractivity contribution in [1.82, 2.24) is 0 Å². The molecule has 0 bridgehead atoms. The molecule has 1 aliphatic rings. The summed E-state index contributed by atoms with van der Waals surface area (Å²) in [5.74, 6) is 0.886. The van der Waals surface area contributed by atoms with E-state index in [0.717, 1.165) is 5.92 Å². The highest BCUT2D eigenvalue weighted by molar-refractivity contribution is 5.37. The monoisotopic (exact) mass is 216 g/mol. The molecule has 0 spiro atoms. The summed E-state index contributed by atoms with van der Waals surface area (Å²) >= 11 is 0. The van der Waals surface area contributed by atoms with Crippen LogP contribution in [-0.4, -0.2) is 0 Å². The lowest BCUT2D eigenvalue weighted by Crippen LogP contribution is -2.38. The summed E-state index contributed by atoms with van der Waals surface area (Å²) in [6.07, 6.45) is 6.58. The topological polar surface area (TPSA) is 0 Å². The number of hydrogen-bond acceptors (Lipinski definition) is 0. The van der Waals surface area contributed by atoms with Crippen molar-refractivity contribution in [2.24, 2.45) is 5.92 Å². The lowest BCUT2D eigenvalue weighted by atomic mass is 9.60. The van der Waals surface area contributed by atoms with E-state index in [1.807, 2.05) is 0 Å². The first kappa shape index (κ1) is 11.7. The Morgan fingerprint density at radius 3 is 2.44 bits per heavy atom. The van der Waals surface area contributed by atoms with Gasteiger partial charge in [0.05, 0.1) is 0 Å². The van der Waals surface area contributed by atoms with Crippen molar-refractivity contribution < 1.29 is 0 Å². The second-order valence-corrected chi connectivity index (χ2v) is 5.16. The molecule has 0 fully saturated rings. The third kappa shape index (κ3) is 1.59. The van der Waals surface area contributed by atoms with Gasteiger partial charge in [-0.05, 0) is 48.1 Å². The minimum atomic E-state index is 0.462. The zero-order valence-corrected chi connectivity index (χ0v) is 10.9. The first-order valence-electron chi connectivity index (χ1n) is 6.86. The van der Waals surface area contributed by atoms with Crippen LogP contribution >= 0.6 is 0 Å². The van der Waals surface area contributed by atoms with Crippen LogP contribution in [-0.2, 0) is 11.8 Å². The fourth-order valence-corrected chi connectivity index (χ4v) is 3.85. The van der Waals surface area contributed by atoms with Crippen LogP contribution in [0.2, 0.25) is 0 Å². The Morgan fingerprint density at radius 1 is 1.12 bits per heavy atom. The molecule has 0 heterocycles. The summed E-state index contributed by atoms with van der Waals surface area (Å²) in [4.78, 5) is 0. The predicted octanol–water partition coefficient (Wildman–Crippen LogP) is 4.72. The van der Waals surface area contributed by atoms with E-state index in [0.29, 0.717) is 5.41 Å². The molecule has 2 rings (SSSR count). The number of fused-ring (bicyclic) bond motifs is 1. The van der Waals surface area contributed by atoms with E-state index in [-0.39, 0.29) is 0 Å². The quantitative estimate of drug-likeness (QED) is 0.686. The third-order valence-corrected chi connectivity index (χ3v) is 4.85. The normalized spacial score (nSPS) is 22.8. The average Bonchev–Trinajstić information content (AvgIpc) is 2.37. The van der Waals surface area contributed by atoms with Gasteiger partial charge in [0.25, 0.3) is 0 Å². The molecule has 0 saturated carbocycles. The second-order valence-electron chi connectivity index (χ2n) is 5.16. The first-order valence-corrected chi connectivity index (χ1v) is 6.86. The SMILES string of the molecule is CCC1CCc2ccccc2C1(CC)CC. The van der Waals surface area contributed by atoms with Gasteiger partial charge in [-0.1, -0.05) is 51.5 Å². The predicted molar refractivity (Wildman–Crippen MR) is 70.8 cm³/mol. The smallest absolute Gasteiger partial charge is 0.00213 e. The van der Waals surface area contributed by atoms with E-state index in [1.54, 1.807) is 11.1 Å². The van der Waals surface area contributed by atoms with Gasteiger partial charge in [0.2, 0.25) is 0 Å². The van der Waals surface area contributed by atoms with Gasteiger partial charge < -0.3 is 0 Å². The van der Waals surface area contributed by atoms with Crippen LogP contribution in [0.5, 0.6) is 0 Å². The van der Waals surface area contributed by atoms with Crippen molar-refractivity contribution in [2.75, 3.05) is 0 Å². The Morgan fingerprint density at radius 2 is 1.81 bits per heavy atom. The largest absolute Gasteiger partial charge is 0.0651 e. The summed E-state index contributed by atoms with van der Waals surface area (Å²) in [6, 6.07) is 9.13. The van der Waals surface area contributed by atoms with E-state index in [9.17, 15) is 0 Å². The Bertz CT molecular complexity index is 347.